The van der Waals surface area contributed by atoms with Gasteiger partial charge in [-0.2, -0.15) is 18.4 Å². The van der Waals surface area contributed by atoms with Crippen molar-refractivity contribution in [3.63, 3.8) is 0 Å². The molecule has 0 rings (SSSR count). The van der Waals surface area contributed by atoms with Crippen LogP contribution in [0.1, 0.15) is 6.92 Å². The van der Waals surface area contributed by atoms with Crippen LogP contribution in [-0.2, 0) is 9.53 Å². The van der Waals surface area contributed by atoms with E-state index in [4.69, 9.17) is 5.26 Å². The van der Waals surface area contributed by atoms with E-state index in [0.717, 1.165) is 13.0 Å². The van der Waals surface area contributed by atoms with Gasteiger partial charge in [-0.05, 0) is 0 Å². The summed E-state index contributed by atoms with van der Waals surface area (Å²) in [5.74, 6) is -1.13. The van der Waals surface area contributed by atoms with E-state index in [9.17, 15) is 18.0 Å². The lowest BCUT2D eigenvalue weighted by Gasteiger charge is -2.11. The predicted octanol–water partition coefficient (Wildman–Crippen LogP) is 1.00. The molecule has 6 heteroatoms. The Bertz CT molecular complexity index is 193. The molecule has 0 N–H and O–H groups in total. The molecule has 0 bridgehead atoms. The fraction of sp³-hybridized carbons (Fsp3) is 0.600. The zero-order chi connectivity index (χ0) is 9.07. The van der Waals surface area contributed by atoms with Gasteiger partial charge in [-0.25, -0.2) is 0 Å². The predicted molar refractivity (Wildman–Crippen MR) is 27.2 cm³/mol. The summed E-state index contributed by atoms with van der Waals surface area (Å²) in [5.41, 5.74) is 0. The summed E-state index contributed by atoms with van der Waals surface area (Å²) >= 11 is 0. The van der Waals surface area contributed by atoms with Gasteiger partial charge in [0.05, 0.1) is 0 Å². The molecular weight excluding hydrogens is 163 g/mol. The Morgan fingerprint density at radius 1 is 1.64 bits per heavy atom. The normalized spacial score (nSPS) is 13.4. The molecule has 3 nitrogen and oxygen atoms in total. The zero-order valence-electron chi connectivity index (χ0n) is 5.47. The van der Waals surface area contributed by atoms with Gasteiger partial charge in [0.2, 0.25) is 0 Å². The first kappa shape index (κ1) is 9.75. The highest BCUT2D eigenvalue weighted by Gasteiger charge is 2.42. The molecule has 0 aliphatic carbocycles. The van der Waals surface area contributed by atoms with E-state index in [1.807, 2.05) is 0 Å². The number of ether oxygens (including phenoxy) is 1. The quantitative estimate of drug-likeness (QED) is 0.547. The second kappa shape index (κ2) is 3.23. The minimum atomic E-state index is -4.81. The molecular formula is C5H4F3NO2. The number of carbonyl (C=O) groups is 1. The van der Waals surface area contributed by atoms with Crippen molar-refractivity contribution >= 4 is 5.97 Å². The van der Waals surface area contributed by atoms with Crippen LogP contribution in [0.3, 0.4) is 0 Å². The summed E-state index contributed by atoms with van der Waals surface area (Å²) < 4.78 is 38.4. The van der Waals surface area contributed by atoms with E-state index < -0.39 is 18.2 Å². The number of hydrogen-bond acceptors (Lipinski definition) is 3. The van der Waals surface area contributed by atoms with E-state index >= 15 is 0 Å². The SMILES string of the molecule is CC(=O)OC(C#N)C(F)(F)F. The van der Waals surface area contributed by atoms with Crippen molar-refractivity contribution in [1.82, 2.24) is 0 Å². The maximum Gasteiger partial charge on any atom is 0.439 e. The number of nitrogens with zero attached hydrogens (tertiary/aromatic N) is 1. The van der Waals surface area contributed by atoms with Crippen molar-refractivity contribution in [2.24, 2.45) is 0 Å². The monoisotopic (exact) mass is 167 g/mol. The zero-order valence-corrected chi connectivity index (χ0v) is 5.47. The Morgan fingerprint density at radius 2 is 2.09 bits per heavy atom. The number of esters is 1. The third kappa shape index (κ3) is 3.45. The van der Waals surface area contributed by atoms with Crippen molar-refractivity contribution in [2.75, 3.05) is 0 Å². The van der Waals surface area contributed by atoms with E-state index in [-0.39, 0.29) is 0 Å². The van der Waals surface area contributed by atoms with Gasteiger partial charge in [0.25, 0.3) is 6.10 Å². The van der Waals surface area contributed by atoms with Crippen LogP contribution in [0.2, 0.25) is 0 Å². The molecule has 0 aromatic carbocycles. The van der Waals surface area contributed by atoms with E-state index in [1.165, 1.54) is 0 Å². The summed E-state index contributed by atoms with van der Waals surface area (Å²) in [6.07, 6.45) is -7.46. The van der Waals surface area contributed by atoms with Gasteiger partial charge >= 0.3 is 12.1 Å². The molecule has 0 radical (unpaired) electrons. The third-order valence-corrected chi connectivity index (χ3v) is 0.698. The minimum Gasteiger partial charge on any atom is -0.437 e. The molecule has 0 aromatic heterocycles. The first-order valence-electron chi connectivity index (χ1n) is 2.51. The smallest absolute Gasteiger partial charge is 0.437 e. The fourth-order valence-electron chi connectivity index (χ4n) is 0.332. The Hall–Kier alpha value is -1.25. The molecule has 0 aromatic rings. The van der Waals surface area contributed by atoms with Gasteiger partial charge in [-0.15, -0.1) is 0 Å². The molecule has 0 heterocycles. The van der Waals surface area contributed by atoms with Crippen molar-refractivity contribution < 1.29 is 22.7 Å². The van der Waals surface area contributed by atoms with Crippen molar-refractivity contribution in [3.8, 4) is 6.07 Å². The first-order valence-corrected chi connectivity index (χ1v) is 2.51. The number of alkyl halides is 3. The Morgan fingerprint density at radius 3 is 2.18 bits per heavy atom. The van der Waals surface area contributed by atoms with Crippen LogP contribution in [0.25, 0.3) is 0 Å². The molecule has 1 unspecified atom stereocenters. The number of rotatable bonds is 1. The average Bonchev–Trinajstić information content (AvgIpc) is 1.79. The molecule has 0 saturated heterocycles. The van der Waals surface area contributed by atoms with Gasteiger partial charge in [0.15, 0.2) is 0 Å². The molecule has 0 saturated carbocycles. The highest BCUT2D eigenvalue weighted by Crippen LogP contribution is 2.22. The Kier molecular flexibility index (Phi) is 2.87. The number of nitriles is 1. The molecule has 62 valence electrons. The number of hydrogen-bond donors (Lipinski definition) is 0. The van der Waals surface area contributed by atoms with Crippen LogP contribution in [0.15, 0.2) is 0 Å². The van der Waals surface area contributed by atoms with Crippen LogP contribution in [0.5, 0.6) is 0 Å². The molecule has 0 fully saturated rings. The molecule has 0 spiro atoms. The third-order valence-electron chi connectivity index (χ3n) is 0.698. The maximum absolute atomic E-state index is 11.6. The van der Waals surface area contributed by atoms with Gasteiger partial charge in [0.1, 0.15) is 6.07 Å². The summed E-state index contributed by atoms with van der Waals surface area (Å²) in [6, 6.07) is 0.805. The standard InChI is InChI=1S/C5H4F3NO2/c1-3(10)11-4(2-9)5(6,7)8/h4H,1H3. The van der Waals surface area contributed by atoms with Crippen molar-refractivity contribution in [2.45, 2.75) is 19.2 Å². The summed E-state index contributed by atoms with van der Waals surface area (Å²) in [5, 5.41) is 7.86. The van der Waals surface area contributed by atoms with Gasteiger partial charge in [0, 0.05) is 6.92 Å². The first-order chi connectivity index (χ1) is 4.88. The molecule has 0 aliphatic rings. The van der Waals surface area contributed by atoms with Crippen LogP contribution < -0.4 is 0 Å². The van der Waals surface area contributed by atoms with Crippen LogP contribution >= 0.6 is 0 Å². The van der Waals surface area contributed by atoms with Crippen LogP contribution in [0.4, 0.5) is 13.2 Å². The lowest BCUT2D eigenvalue weighted by molar-refractivity contribution is -0.204. The molecule has 0 amide bonds. The second-order valence-electron chi connectivity index (χ2n) is 1.66. The summed E-state index contributed by atoms with van der Waals surface area (Å²) in [7, 11) is 0. The van der Waals surface area contributed by atoms with Gasteiger partial charge in [-0.3, -0.25) is 4.79 Å². The number of halogens is 3. The van der Waals surface area contributed by atoms with Crippen molar-refractivity contribution in [1.29, 1.82) is 5.26 Å². The van der Waals surface area contributed by atoms with Crippen LogP contribution in [-0.4, -0.2) is 18.2 Å². The molecule has 1 atom stereocenters. The Balaban J connectivity index is 4.22. The van der Waals surface area contributed by atoms with E-state index in [0.29, 0.717) is 0 Å². The fourth-order valence-corrected chi connectivity index (χ4v) is 0.332. The Labute approximate surface area is 60.4 Å². The second-order valence-corrected chi connectivity index (χ2v) is 1.66. The van der Waals surface area contributed by atoms with Crippen molar-refractivity contribution in [3.05, 3.63) is 0 Å². The molecule has 0 aliphatic heterocycles. The lowest BCUT2D eigenvalue weighted by Crippen LogP contribution is -2.31. The minimum absolute atomic E-state index is 0.802. The van der Waals surface area contributed by atoms with E-state index in [1.54, 1.807) is 0 Å². The largest absolute Gasteiger partial charge is 0.439 e. The topological polar surface area (TPSA) is 50.1 Å². The molecule has 11 heavy (non-hydrogen) atoms. The average molecular weight is 167 g/mol. The highest BCUT2D eigenvalue weighted by atomic mass is 19.4. The summed E-state index contributed by atoms with van der Waals surface area (Å²) in [6.45, 7) is 0.802. The van der Waals surface area contributed by atoms with Gasteiger partial charge in [-0.1, -0.05) is 0 Å². The van der Waals surface area contributed by atoms with E-state index in [2.05, 4.69) is 4.74 Å². The maximum atomic E-state index is 11.6. The van der Waals surface area contributed by atoms with Gasteiger partial charge < -0.3 is 4.74 Å². The van der Waals surface area contributed by atoms with Crippen LogP contribution in [0, 0.1) is 11.3 Å². The highest BCUT2D eigenvalue weighted by molar-refractivity contribution is 5.66. The summed E-state index contributed by atoms with van der Waals surface area (Å²) in [4.78, 5) is 9.99. The lowest BCUT2D eigenvalue weighted by atomic mass is 10.4. The number of carbonyl (C=O) groups excluding carboxylic acids is 1.